The van der Waals surface area contributed by atoms with E-state index < -0.39 is 0 Å². The zero-order valence-corrected chi connectivity index (χ0v) is 13.0. The molecule has 0 aliphatic heterocycles. The molecule has 113 valence electrons. The first-order chi connectivity index (χ1) is 10.3. The number of hydrogen-bond acceptors (Lipinski definition) is 3. The number of hydrogen-bond donors (Lipinski definition) is 0. The van der Waals surface area contributed by atoms with Crippen LogP contribution in [0.4, 0.5) is 0 Å². The Bertz CT molecular complexity index is 534. The summed E-state index contributed by atoms with van der Waals surface area (Å²) in [6.45, 7) is 6.07. The number of aromatic nitrogens is 2. The molecule has 0 aliphatic rings. The Morgan fingerprint density at radius 2 is 2.00 bits per heavy atom. The minimum Gasteiger partial charge on any atom is -0.334 e. The molecule has 1 aromatic carbocycles. The highest BCUT2D eigenvalue weighted by Crippen LogP contribution is 2.20. The van der Waals surface area contributed by atoms with Gasteiger partial charge in [0, 0.05) is 12.0 Å². The van der Waals surface area contributed by atoms with E-state index in [-0.39, 0.29) is 0 Å². The summed E-state index contributed by atoms with van der Waals surface area (Å²) in [7, 11) is 0. The first-order valence-electron chi connectivity index (χ1n) is 8.04. The van der Waals surface area contributed by atoms with E-state index >= 15 is 0 Å². The Labute approximate surface area is 127 Å². The molecule has 0 atom stereocenters. The van der Waals surface area contributed by atoms with Crippen LogP contribution in [-0.4, -0.2) is 10.1 Å². The molecule has 2 aromatic rings. The molecular formula is C18H25N2O. The average Bonchev–Trinajstić information content (AvgIpc) is 2.99. The predicted octanol–water partition coefficient (Wildman–Crippen LogP) is 5.02. The maximum atomic E-state index is 5.36. The van der Waals surface area contributed by atoms with Crippen molar-refractivity contribution in [1.29, 1.82) is 0 Å². The van der Waals surface area contributed by atoms with Crippen LogP contribution in [-0.2, 0) is 12.8 Å². The molecule has 21 heavy (non-hydrogen) atoms. The van der Waals surface area contributed by atoms with Gasteiger partial charge in [-0.1, -0.05) is 56.8 Å². The minimum atomic E-state index is 0.629. The van der Waals surface area contributed by atoms with Crippen LogP contribution >= 0.6 is 0 Å². The zero-order chi connectivity index (χ0) is 14.9. The van der Waals surface area contributed by atoms with Crippen LogP contribution in [0.2, 0.25) is 0 Å². The van der Waals surface area contributed by atoms with Gasteiger partial charge >= 0.3 is 0 Å². The van der Waals surface area contributed by atoms with E-state index in [2.05, 4.69) is 42.2 Å². The molecule has 3 heteroatoms. The van der Waals surface area contributed by atoms with Crippen molar-refractivity contribution in [2.75, 3.05) is 0 Å². The zero-order valence-electron chi connectivity index (χ0n) is 13.0. The molecule has 1 radical (unpaired) electrons. The van der Waals surface area contributed by atoms with Gasteiger partial charge in [0.15, 0.2) is 5.82 Å². The second-order valence-electron chi connectivity index (χ2n) is 5.48. The molecule has 0 bridgehead atoms. The monoisotopic (exact) mass is 285 g/mol. The summed E-state index contributed by atoms with van der Waals surface area (Å²) in [4.78, 5) is 4.46. The lowest BCUT2D eigenvalue weighted by Crippen LogP contribution is -1.89. The normalized spacial score (nSPS) is 11.0. The topological polar surface area (TPSA) is 38.9 Å². The predicted molar refractivity (Wildman–Crippen MR) is 85.9 cm³/mol. The average molecular weight is 285 g/mol. The third-order valence-corrected chi connectivity index (χ3v) is 3.61. The van der Waals surface area contributed by atoms with E-state index in [1.165, 1.54) is 31.2 Å². The van der Waals surface area contributed by atoms with E-state index in [0.717, 1.165) is 37.1 Å². The summed E-state index contributed by atoms with van der Waals surface area (Å²) in [6.07, 6.45) is 9.00. The van der Waals surface area contributed by atoms with Crippen LogP contribution in [0.5, 0.6) is 0 Å². The van der Waals surface area contributed by atoms with E-state index in [0.29, 0.717) is 5.89 Å². The van der Waals surface area contributed by atoms with E-state index in [9.17, 15) is 0 Å². The molecule has 1 heterocycles. The molecule has 1 aromatic heterocycles. The molecule has 0 aliphatic carbocycles. The Kier molecular flexibility index (Phi) is 6.45. The second-order valence-corrected chi connectivity index (χ2v) is 5.48. The summed E-state index contributed by atoms with van der Waals surface area (Å²) in [5, 5.41) is 4.03. The molecule has 3 nitrogen and oxygen atoms in total. The molecular weight excluding hydrogens is 260 g/mol. The van der Waals surface area contributed by atoms with E-state index in [1.807, 2.05) is 6.07 Å². The summed E-state index contributed by atoms with van der Waals surface area (Å²) < 4.78 is 5.36. The van der Waals surface area contributed by atoms with Crippen molar-refractivity contribution in [3.8, 4) is 11.5 Å². The van der Waals surface area contributed by atoms with Gasteiger partial charge in [-0.15, -0.1) is 0 Å². The van der Waals surface area contributed by atoms with Gasteiger partial charge in [0.1, 0.15) is 0 Å². The summed E-state index contributed by atoms with van der Waals surface area (Å²) >= 11 is 0. The van der Waals surface area contributed by atoms with E-state index in [4.69, 9.17) is 4.52 Å². The van der Waals surface area contributed by atoms with Gasteiger partial charge in [-0.05, 0) is 37.0 Å². The lowest BCUT2D eigenvalue weighted by Gasteiger charge is -2.02. The van der Waals surface area contributed by atoms with Gasteiger partial charge in [0.05, 0.1) is 0 Å². The van der Waals surface area contributed by atoms with Gasteiger partial charge in [-0.3, -0.25) is 0 Å². The number of benzene rings is 1. The van der Waals surface area contributed by atoms with Crippen molar-refractivity contribution in [2.45, 2.75) is 58.3 Å². The fraction of sp³-hybridized carbons (Fsp3) is 0.500. The third kappa shape index (κ3) is 5.00. The Balaban J connectivity index is 1.97. The van der Waals surface area contributed by atoms with Crippen molar-refractivity contribution in [3.05, 3.63) is 42.6 Å². The summed E-state index contributed by atoms with van der Waals surface area (Å²) in [5.74, 6) is 1.41. The van der Waals surface area contributed by atoms with Crippen molar-refractivity contribution in [1.82, 2.24) is 10.1 Å². The van der Waals surface area contributed by atoms with Crippen LogP contribution in [0.1, 0.15) is 56.8 Å². The molecule has 0 amide bonds. The van der Waals surface area contributed by atoms with Crippen molar-refractivity contribution in [2.24, 2.45) is 0 Å². The third-order valence-electron chi connectivity index (χ3n) is 3.61. The highest BCUT2D eigenvalue weighted by atomic mass is 16.5. The first kappa shape index (κ1) is 15.7. The summed E-state index contributed by atoms with van der Waals surface area (Å²) in [5.41, 5.74) is 2.37. The second kappa shape index (κ2) is 8.60. The first-order valence-corrected chi connectivity index (χ1v) is 8.04. The van der Waals surface area contributed by atoms with Crippen molar-refractivity contribution < 1.29 is 4.52 Å². The molecule has 0 saturated carbocycles. The SMILES string of the molecule is [CH2]CCCc1noc(-c2cccc(CCCCCC)c2)n1. The molecule has 0 N–H and O–H groups in total. The van der Waals surface area contributed by atoms with Crippen LogP contribution in [0.25, 0.3) is 11.5 Å². The smallest absolute Gasteiger partial charge is 0.257 e. The molecule has 0 spiro atoms. The molecule has 2 rings (SSSR count). The van der Waals surface area contributed by atoms with Gasteiger partial charge < -0.3 is 4.52 Å². The Morgan fingerprint density at radius 3 is 2.81 bits per heavy atom. The fourth-order valence-corrected chi connectivity index (χ4v) is 2.37. The van der Waals surface area contributed by atoms with Crippen molar-refractivity contribution >= 4 is 0 Å². The van der Waals surface area contributed by atoms with Crippen LogP contribution in [0, 0.1) is 6.92 Å². The Hall–Kier alpha value is -1.64. The number of rotatable bonds is 9. The number of nitrogens with zero attached hydrogens (tertiary/aromatic N) is 2. The van der Waals surface area contributed by atoms with Crippen molar-refractivity contribution in [3.63, 3.8) is 0 Å². The van der Waals surface area contributed by atoms with Crippen LogP contribution in [0.15, 0.2) is 28.8 Å². The lowest BCUT2D eigenvalue weighted by atomic mass is 10.0. The fourth-order valence-electron chi connectivity index (χ4n) is 2.37. The maximum Gasteiger partial charge on any atom is 0.257 e. The van der Waals surface area contributed by atoms with Crippen LogP contribution < -0.4 is 0 Å². The summed E-state index contributed by atoms with van der Waals surface area (Å²) in [6, 6.07) is 8.46. The maximum absolute atomic E-state index is 5.36. The number of unbranched alkanes of at least 4 members (excludes halogenated alkanes) is 4. The highest BCUT2D eigenvalue weighted by Gasteiger charge is 2.08. The lowest BCUT2D eigenvalue weighted by molar-refractivity contribution is 0.421. The largest absolute Gasteiger partial charge is 0.334 e. The van der Waals surface area contributed by atoms with Gasteiger partial charge in [-0.2, -0.15) is 4.98 Å². The Morgan fingerprint density at radius 1 is 1.10 bits per heavy atom. The molecule has 0 fully saturated rings. The van der Waals surface area contributed by atoms with Crippen LogP contribution in [0.3, 0.4) is 0 Å². The number of aryl methyl sites for hydroxylation is 2. The standard InChI is InChI=1S/C18H25N2O/c1-3-5-7-8-10-15-11-9-12-16(14-15)18-19-17(20-21-18)13-6-4-2/h9,11-12,14H,2-8,10,13H2,1H3. The minimum absolute atomic E-state index is 0.629. The molecule has 0 saturated heterocycles. The quantitative estimate of drug-likeness (QED) is 0.607. The van der Waals surface area contributed by atoms with Gasteiger partial charge in [0.2, 0.25) is 0 Å². The highest BCUT2D eigenvalue weighted by molar-refractivity contribution is 5.54. The van der Waals surface area contributed by atoms with Gasteiger partial charge in [0.25, 0.3) is 5.89 Å². The van der Waals surface area contributed by atoms with Gasteiger partial charge in [-0.25, -0.2) is 0 Å². The van der Waals surface area contributed by atoms with E-state index in [1.54, 1.807) is 0 Å². The molecule has 0 unspecified atom stereocenters.